The average molecular weight is 342 g/mol. The number of benzene rings is 2. The maximum atomic E-state index is 11.3. The molecule has 5 heteroatoms. The van der Waals surface area contributed by atoms with Crippen molar-refractivity contribution < 1.29 is 14.6 Å². The van der Waals surface area contributed by atoms with Crippen molar-refractivity contribution in [2.24, 2.45) is 5.73 Å². The van der Waals surface area contributed by atoms with Crippen molar-refractivity contribution in [3.8, 4) is 5.75 Å². The summed E-state index contributed by atoms with van der Waals surface area (Å²) in [6.07, 6.45) is 1.29. The van der Waals surface area contributed by atoms with Crippen LogP contribution in [0.25, 0.3) is 0 Å². The highest BCUT2D eigenvalue weighted by Gasteiger charge is 2.14. The summed E-state index contributed by atoms with van der Waals surface area (Å²) >= 11 is 0. The molecule has 0 heterocycles. The fourth-order valence-corrected chi connectivity index (χ4v) is 2.68. The molecule has 0 aliphatic carbocycles. The van der Waals surface area contributed by atoms with Crippen LogP contribution in [0.5, 0.6) is 5.75 Å². The van der Waals surface area contributed by atoms with E-state index in [1.165, 1.54) is 12.7 Å². The van der Waals surface area contributed by atoms with E-state index in [2.05, 4.69) is 24.4 Å². The number of amides is 1. The molecule has 0 aromatic heterocycles. The summed E-state index contributed by atoms with van der Waals surface area (Å²) in [7, 11) is 1.47. The van der Waals surface area contributed by atoms with E-state index in [0.29, 0.717) is 23.4 Å². The largest absolute Gasteiger partial charge is 0.496 e. The predicted molar refractivity (Wildman–Crippen MR) is 98.7 cm³/mol. The predicted octanol–water partition coefficient (Wildman–Crippen LogP) is 2.44. The maximum absolute atomic E-state index is 11.3. The van der Waals surface area contributed by atoms with Crippen LogP contribution in [-0.4, -0.2) is 30.7 Å². The highest BCUT2D eigenvalue weighted by atomic mass is 16.5. The van der Waals surface area contributed by atoms with Crippen LogP contribution in [0.1, 0.15) is 40.9 Å². The number of carbonyl (C=O) groups is 1. The number of rotatable bonds is 9. The van der Waals surface area contributed by atoms with Gasteiger partial charge in [0.1, 0.15) is 5.75 Å². The number of methoxy groups -OCH3 is 1. The first-order valence-corrected chi connectivity index (χ1v) is 8.44. The molecular weight excluding hydrogens is 316 g/mol. The van der Waals surface area contributed by atoms with Gasteiger partial charge >= 0.3 is 0 Å². The number of aliphatic hydroxyl groups excluding tert-OH is 1. The van der Waals surface area contributed by atoms with Crippen molar-refractivity contribution in [1.29, 1.82) is 0 Å². The van der Waals surface area contributed by atoms with Crippen LogP contribution in [0, 0.1) is 0 Å². The Kier molecular flexibility index (Phi) is 6.98. The number of carbonyl (C=O) groups excluding carboxylic acids is 1. The Morgan fingerprint density at radius 3 is 2.60 bits per heavy atom. The zero-order chi connectivity index (χ0) is 18.2. The van der Waals surface area contributed by atoms with Gasteiger partial charge in [0.25, 0.3) is 5.91 Å². The number of aryl methyl sites for hydroxylation is 1. The minimum atomic E-state index is -0.685. The van der Waals surface area contributed by atoms with Crippen molar-refractivity contribution in [3.05, 3.63) is 65.2 Å². The van der Waals surface area contributed by atoms with Gasteiger partial charge in [-0.25, -0.2) is 0 Å². The van der Waals surface area contributed by atoms with E-state index < -0.39 is 12.0 Å². The van der Waals surface area contributed by atoms with Crippen LogP contribution >= 0.6 is 0 Å². The molecule has 2 aromatic rings. The molecule has 1 amide bonds. The van der Waals surface area contributed by atoms with Gasteiger partial charge in [-0.05, 0) is 43.0 Å². The molecule has 0 aliphatic rings. The molecule has 4 N–H and O–H groups in total. The summed E-state index contributed by atoms with van der Waals surface area (Å²) in [5.41, 5.74) is 7.60. The normalized spacial score (nSPS) is 13.2. The summed E-state index contributed by atoms with van der Waals surface area (Å²) < 4.78 is 5.18. The topological polar surface area (TPSA) is 84.6 Å². The van der Waals surface area contributed by atoms with Crippen molar-refractivity contribution in [1.82, 2.24) is 5.32 Å². The van der Waals surface area contributed by atoms with Gasteiger partial charge in [0, 0.05) is 12.6 Å². The summed E-state index contributed by atoms with van der Waals surface area (Å²) in [5, 5.41) is 13.7. The van der Waals surface area contributed by atoms with E-state index in [1.54, 1.807) is 18.2 Å². The molecule has 2 rings (SSSR count). The van der Waals surface area contributed by atoms with Crippen LogP contribution in [0.15, 0.2) is 48.5 Å². The monoisotopic (exact) mass is 342 g/mol. The van der Waals surface area contributed by atoms with Gasteiger partial charge in [-0.15, -0.1) is 0 Å². The molecule has 0 saturated heterocycles. The zero-order valence-electron chi connectivity index (χ0n) is 14.7. The second-order valence-electron chi connectivity index (χ2n) is 6.17. The lowest BCUT2D eigenvalue weighted by atomic mass is 10.0. The van der Waals surface area contributed by atoms with Gasteiger partial charge in [-0.2, -0.15) is 0 Å². The third-order valence-electron chi connectivity index (χ3n) is 4.24. The quantitative estimate of drug-likeness (QED) is 0.653. The summed E-state index contributed by atoms with van der Waals surface area (Å²) in [5.74, 6) is -0.174. The van der Waals surface area contributed by atoms with Gasteiger partial charge in [0.15, 0.2) is 0 Å². The van der Waals surface area contributed by atoms with Crippen LogP contribution in [-0.2, 0) is 6.42 Å². The van der Waals surface area contributed by atoms with Crippen LogP contribution in [0.4, 0.5) is 0 Å². The second-order valence-corrected chi connectivity index (χ2v) is 6.17. The van der Waals surface area contributed by atoms with Gasteiger partial charge in [-0.3, -0.25) is 4.79 Å². The minimum Gasteiger partial charge on any atom is -0.496 e. The number of primary amides is 1. The fourth-order valence-electron chi connectivity index (χ4n) is 2.68. The van der Waals surface area contributed by atoms with Crippen molar-refractivity contribution >= 4 is 5.91 Å². The third kappa shape index (κ3) is 5.59. The molecule has 0 saturated carbocycles. The first-order chi connectivity index (χ1) is 12.0. The molecule has 2 atom stereocenters. The number of aliphatic hydroxyl groups is 1. The van der Waals surface area contributed by atoms with Crippen LogP contribution in [0.3, 0.4) is 0 Å². The van der Waals surface area contributed by atoms with E-state index in [-0.39, 0.29) is 6.04 Å². The lowest BCUT2D eigenvalue weighted by molar-refractivity contribution is 0.0997. The minimum absolute atomic E-state index is 0.279. The molecule has 134 valence electrons. The highest BCUT2D eigenvalue weighted by molar-refractivity contribution is 5.95. The van der Waals surface area contributed by atoms with E-state index in [0.717, 1.165) is 12.8 Å². The number of nitrogens with one attached hydrogen (secondary N) is 1. The van der Waals surface area contributed by atoms with Gasteiger partial charge in [-0.1, -0.05) is 36.4 Å². The molecule has 5 nitrogen and oxygen atoms in total. The lowest BCUT2D eigenvalue weighted by Crippen LogP contribution is -2.30. The Balaban J connectivity index is 1.87. The Labute approximate surface area is 148 Å². The standard InChI is InChI=1S/C20H26N2O3/c1-14(8-9-15-6-4-3-5-7-15)22-13-18(23)16-10-11-17(20(21)24)19(12-16)25-2/h3-7,10-12,14,18,22-23H,8-9,13H2,1-2H3,(H2,21,24). The molecule has 0 radical (unpaired) electrons. The number of ether oxygens (including phenoxy) is 1. The Morgan fingerprint density at radius 2 is 1.96 bits per heavy atom. The van der Waals surface area contributed by atoms with Gasteiger partial charge in [0.2, 0.25) is 0 Å². The summed E-state index contributed by atoms with van der Waals surface area (Å²) in [6, 6.07) is 15.5. The Bertz CT molecular complexity index is 689. The van der Waals surface area contributed by atoms with Gasteiger partial charge < -0.3 is 20.9 Å². The Hall–Kier alpha value is -2.37. The number of nitrogens with two attached hydrogens (primary N) is 1. The molecule has 0 aliphatic heterocycles. The smallest absolute Gasteiger partial charge is 0.252 e. The van der Waals surface area contributed by atoms with E-state index in [1.807, 2.05) is 18.2 Å². The molecule has 25 heavy (non-hydrogen) atoms. The zero-order valence-corrected chi connectivity index (χ0v) is 14.7. The number of hydrogen-bond donors (Lipinski definition) is 3. The van der Waals surface area contributed by atoms with Crippen molar-refractivity contribution in [2.75, 3.05) is 13.7 Å². The Morgan fingerprint density at radius 1 is 1.24 bits per heavy atom. The SMILES string of the molecule is COc1cc(C(O)CNC(C)CCc2ccccc2)ccc1C(N)=O. The average Bonchev–Trinajstić information content (AvgIpc) is 2.64. The maximum Gasteiger partial charge on any atom is 0.252 e. The number of hydrogen-bond acceptors (Lipinski definition) is 4. The second kappa shape index (κ2) is 9.20. The molecule has 0 fully saturated rings. The first-order valence-electron chi connectivity index (χ1n) is 8.44. The van der Waals surface area contributed by atoms with E-state index in [9.17, 15) is 9.90 Å². The third-order valence-corrected chi connectivity index (χ3v) is 4.24. The van der Waals surface area contributed by atoms with Crippen LogP contribution < -0.4 is 15.8 Å². The fraction of sp³-hybridized carbons (Fsp3) is 0.350. The van der Waals surface area contributed by atoms with Gasteiger partial charge in [0.05, 0.1) is 18.8 Å². The van der Waals surface area contributed by atoms with E-state index >= 15 is 0 Å². The highest BCUT2D eigenvalue weighted by Crippen LogP contribution is 2.23. The molecule has 0 spiro atoms. The van der Waals surface area contributed by atoms with E-state index in [4.69, 9.17) is 10.5 Å². The van der Waals surface area contributed by atoms with Crippen LogP contribution in [0.2, 0.25) is 0 Å². The molecular formula is C20H26N2O3. The molecule has 2 unspecified atom stereocenters. The lowest BCUT2D eigenvalue weighted by Gasteiger charge is -2.18. The van der Waals surface area contributed by atoms with Crippen molar-refractivity contribution in [2.45, 2.75) is 31.9 Å². The summed E-state index contributed by atoms with van der Waals surface area (Å²) in [4.78, 5) is 11.3. The summed E-state index contributed by atoms with van der Waals surface area (Å²) in [6.45, 7) is 2.53. The van der Waals surface area contributed by atoms with Crippen molar-refractivity contribution in [3.63, 3.8) is 0 Å². The molecule has 2 aromatic carbocycles. The molecule has 0 bridgehead atoms. The first kappa shape index (κ1) is 19.0.